The minimum Gasteiger partial charge on any atom is -0.370 e. The lowest BCUT2D eigenvalue weighted by Crippen LogP contribution is -2.40. The van der Waals surface area contributed by atoms with Crippen LogP contribution in [0.3, 0.4) is 0 Å². The number of anilines is 1. The molecular formula is C21H26ClN5OS. The van der Waals surface area contributed by atoms with Crippen LogP contribution in [0, 0.1) is 12.8 Å². The maximum atomic E-state index is 12.5. The van der Waals surface area contributed by atoms with Crippen molar-refractivity contribution in [2.45, 2.75) is 40.2 Å². The predicted molar refractivity (Wildman–Crippen MR) is 120 cm³/mol. The number of nitrogens with zero attached hydrogens (tertiary/aromatic N) is 4. The first-order valence-corrected chi connectivity index (χ1v) is 11.1. The number of carbonyl (C=O) groups excluding carboxylic acids is 1. The average molecular weight is 432 g/mol. The molecule has 1 aromatic carbocycles. The van der Waals surface area contributed by atoms with Gasteiger partial charge in [0.15, 0.2) is 5.65 Å². The third kappa shape index (κ3) is 5.22. The van der Waals surface area contributed by atoms with Gasteiger partial charge in [-0.25, -0.2) is 4.98 Å². The second-order valence-electron chi connectivity index (χ2n) is 6.83. The fraction of sp³-hybridized carbons (Fsp3) is 0.429. The molecule has 0 aliphatic carbocycles. The second kappa shape index (κ2) is 9.98. The summed E-state index contributed by atoms with van der Waals surface area (Å²) in [6.45, 7) is 8.13. The highest BCUT2D eigenvalue weighted by molar-refractivity contribution is 7.00. The first kappa shape index (κ1) is 21.5. The highest BCUT2D eigenvalue weighted by Crippen LogP contribution is 2.29. The predicted octanol–water partition coefficient (Wildman–Crippen LogP) is 4.61. The maximum absolute atomic E-state index is 12.5. The van der Waals surface area contributed by atoms with Crippen molar-refractivity contribution in [1.82, 2.24) is 19.0 Å². The molecule has 1 fully saturated rings. The number of aryl methyl sites for hydroxylation is 1. The Morgan fingerprint density at radius 3 is 2.72 bits per heavy atom. The van der Waals surface area contributed by atoms with Crippen LogP contribution in [0.5, 0.6) is 0 Å². The molecule has 0 unspecified atom stereocenters. The summed E-state index contributed by atoms with van der Waals surface area (Å²) < 4.78 is 8.65. The van der Waals surface area contributed by atoms with Gasteiger partial charge in [-0.1, -0.05) is 37.6 Å². The molecule has 1 amide bonds. The van der Waals surface area contributed by atoms with Gasteiger partial charge in [0, 0.05) is 36.3 Å². The molecule has 4 rings (SSSR count). The van der Waals surface area contributed by atoms with Gasteiger partial charge in [0.1, 0.15) is 5.52 Å². The van der Waals surface area contributed by atoms with E-state index in [4.69, 9.17) is 11.6 Å². The van der Waals surface area contributed by atoms with E-state index in [9.17, 15) is 4.79 Å². The quantitative estimate of drug-likeness (QED) is 0.653. The van der Waals surface area contributed by atoms with Gasteiger partial charge < -0.3 is 10.2 Å². The number of pyridine rings is 1. The Morgan fingerprint density at radius 1 is 1.24 bits per heavy atom. The molecule has 6 nitrogen and oxygen atoms in total. The van der Waals surface area contributed by atoms with E-state index in [-0.39, 0.29) is 11.8 Å². The fourth-order valence-electron chi connectivity index (χ4n) is 3.49. The average Bonchev–Trinajstić information content (AvgIpc) is 3.21. The normalized spacial score (nSPS) is 14.4. The summed E-state index contributed by atoms with van der Waals surface area (Å²) in [6, 6.07) is 9.63. The Labute approximate surface area is 180 Å². The number of carbonyl (C=O) groups is 1. The maximum Gasteiger partial charge on any atom is 0.223 e. The largest absolute Gasteiger partial charge is 0.370 e. The van der Waals surface area contributed by atoms with Gasteiger partial charge in [-0.2, -0.15) is 8.75 Å². The van der Waals surface area contributed by atoms with Crippen LogP contribution < -0.4 is 10.2 Å². The molecule has 2 aromatic heterocycles. The van der Waals surface area contributed by atoms with Crippen LogP contribution in [0.4, 0.5) is 5.69 Å². The number of halogens is 1. The molecule has 0 saturated carbocycles. The van der Waals surface area contributed by atoms with Gasteiger partial charge in [0.05, 0.1) is 17.4 Å². The smallest absolute Gasteiger partial charge is 0.223 e. The monoisotopic (exact) mass is 431 g/mol. The van der Waals surface area contributed by atoms with Gasteiger partial charge in [0.25, 0.3) is 0 Å². The van der Waals surface area contributed by atoms with E-state index in [0.717, 1.165) is 48.4 Å². The summed E-state index contributed by atoms with van der Waals surface area (Å²) in [7, 11) is 0. The molecule has 1 aliphatic rings. The van der Waals surface area contributed by atoms with Crippen molar-refractivity contribution in [2.75, 3.05) is 18.0 Å². The van der Waals surface area contributed by atoms with Crippen molar-refractivity contribution in [3.05, 3.63) is 46.6 Å². The zero-order chi connectivity index (χ0) is 20.8. The van der Waals surface area contributed by atoms with Gasteiger partial charge in [0.2, 0.25) is 5.91 Å². The van der Waals surface area contributed by atoms with E-state index in [0.29, 0.717) is 17.2 Å². The topological polar surface area (TPSA) is 71.0 Å². The van der Waals surface area contributed by atoms with E-state index < -0.39 is 0 Å². The number of nitrogens with one attached hydrogen (secondary N) is 1. The van der Waals surface area contributed by atoms with Crippen LogP contribution in [-0.2, 0) is 11.3 Å². The Bertz CT molecular complexity index is 969. The Morgan fingerprint density at radius 2 is 2.00 bits per heavy atom. The molecule has 1 aliphatic heterocycles. The number of hydrogen-bond donors (Lipinski definition) is 1. The van der Waals surface area contributed by atoms with Crippen LogP contribution in [0.1, 0.15) is 37.9 Å². The minimum atomic E-state index is 0.0346. The molecule has 0 spiro atoms. The molecule has 8 heteroatoms. The molecule has 1 N–H and O–H groups in total. The van der Waals surface area contributed by atoms with Crippen molar-refractivity contribution >= 4 is 46.1 Å². The van der Waals surface area contributed by atoms with Crippen molar-refractivity contribution in [1.29, 1.82) is 0 Å². The number of piperidine rings is 1. The Hall–Kier alpha value is -2.25. The molecule has 0 atom stereocenters. The van der Waals surface area contributed by atoms with E-state index in [1.54, 1.807) is 0 Å². The first-order valence-electron chi connectivity index (χ1n) is 9.97. The lowest BCUT2D eigenvalue weighted by atomic mass is 9.95. The van der Waals surface area contributed by atoms with Crippen LogP contribution in [0.15, 0.2) is 30.3 Å². The van der Waals surface area contributed by atoms with Gasteiger partial charge >= 0.3 is 0 Å². The lowest BCUT2D eigenvalue weighted by molar-refractivity contribution is -0.125. The Balaban J connectivity index is 0.00000117. The number of fused-ring (bicyclic) bond motifs is 1. The van der Waals surface area contributed by atoms with Crippen LogP contribution in [-0.4, -0.2) is 32.7 Å². The van der Waals surface area contributed by atoms with Gasteiger partial charge in [-0.15, -0.1) is 0 Å². The van der Waals surface area contributed by atoms with Crippen molar-refractivity contribution in [2.24, 2.45) is 5.92 Å². The second-order valence-corrected chi connectivity index (χ2v) is 7.79. The summed E-state index contributed by atoms with van der Waals surface area (Å²) in [4.78, 5) is 19.3. The lowest BCUT2D eigenvalue weighted by Gasteiger charge is -2.33. The SMILES string of the molecule is CC.Cc1cc(N2CCC(C(=O)NCc3cccc(Cl)c3)CC2)c2nsnc2n1. The van der Waals surface area contributed by atoms with Crippen molar-refractivity contribution in [3.63, 3.8) is 0 Å². The zero-order valence-corrected chi connectivity index (χ0v) is 18.6. The summed E-state index contributed by atoms with van der Waals surface area (Å²) in [5.41, 5.74) is 4.58. The number of rotatable bonds is 4. The van der Waals surface area contributed by atoms with Gasteiger partial charge in [-0.05, 0) is 43.5 Å². The number of aromatic nitrogens is 3. The Kier molecular flexibility index (Phi) is 7.39. The fourth-order valence-corrected chi connectivity index (χ4v) is 4.20. The molecule has 0 radical (unpaired) electrons. The summed E-state index contributed by atoms with van der Waals surface area (Å²) in [5, 5.41) is 3.72. The third-order valence-corrected chi connectivity index (χ3v) is 5.66. The number of benzene rings is 1. The summed E-state index contributed by atoms with van der Waals surface area (Å²) in [5.74, 6) is 0.147. The van der Waals surface area contributed by atoms with Crippen molar-refractivity contribution in [3.8, 4) is 0 Å². The third-order valence-electron chi connectivity index (χ3n) is 4.90. The molecular weight excluding hydrogens is 406 g/mol. The molecule has 1 saturated heterocycles. The standard InChI is InChI=1S/C19H20ClN5OS.C2H6/c1-12-9-16(17-18(22-12)24-27-23-17)25-7-5-14(6-8-25)19(26)21-11-13-3-2-4-15(20)10-13;1-2/h2-4,9-10,14H,5-8,11H2,1H3,(H,21,26);1-2H3. The van der Waals surface area contributed by atoms with E-state index in [1.807, 2.05) is 45.0 Å². The van der Waals surface area contributed by atoms with E-state index in [1.165, 1.54) is 11.7 Å². The van der Waals surface area contributed by atoms with Crippen LogP contribution >= 0.6 is 23.3 Å². The molecule has 29 heavy (non-hydrogen) atoms. The van der Waals surface area contributed by atoms with E-state index in [2.05, 4.69) is 30.0 Å². The number of amides is 1. The van der Waals surface area contributed by atoms with Gasteiger partial charge in [-0.3, -0.25) is 4.79 Å². The zero-order valence-electron chi connectivity index (χ0n) is 17.0. The highest BCUT2D eigenvalue weighted by Gasteiger charge is 2.26. The molecule has 0 bridgehead atoms. The van der Waals surface area contributed by atoms with Crippen molar-refractivity contribution < 1.29 is 4.79 Å². The van der Waals surface area contributed by atoms with Crippen LogP contribution in [0.2, 0.25) is 5.02 Å². The minimum absolute atomic E-state index is 0.0346. The molecule has 3 heterocycles. The molecule has 154 valence electrons. The summed E-state index contributed by atoms with van der Waals surface area (Å²) in [6.07, 6.45) is 1.64. The first-order chi connectivity index (χ1) is 14.1. The van der Waals surface area contributed by atoms with E-state index >= 15 is 0 Å². The number of hydrogen-bond acceptors (Lipinski definition) is 6. The highest BCUT2D eigenvalue weighted by atomic mass is 35.5. The summed E-state index contributed by atoms with van der Waals surface area (Å²) >= 11 is 7.18. The molecule has 3 aromatic rings. The van der Waals surface area contributed by atoms with Crippen LogP contribution in [0.25, 0.3) is 11.2 Å².